The average molecular weight is 273 g/mol. The van der Waals surface area contributed by atoms with E-state index in [0.29, 0.717) is 5.69 Å². The van der Waals surface area contributed by atoms with Crippen LogP contribution in [0.5, 0.6) is 0 Å². The molecule has 0 aromatic heterocycles. The van der Waals surface area contributed by atoms with Crippen molar-refractivity contribution in [3.8, 4) is 0 Å². The largest absolute Gasteiger partial charge is 0.264 e. The van der Waals surface area contributed by atoms with Crippen LogP contribution in [0.25, 0.3) is 0 Å². The second-order valence-electron chi connectivity index (χ2n) is 3.97. The number of benzene rings is 2. The molecule has 0 radical (unpaired) electrons. The number of anilines is 1. The van der Waals surface area contributed by atoms with Gasteiger partial charge in [0.25, 0.3) is 10.0 Å². The van der Waals surface area contributed by atoms with Gasteiger partial charge in [0, 0.05) is 0 Å². The van der Waals surface area contributed by atoms with E-state index in [1.807, 2.05) is 18.2 Å². The van der Waals surface area contributed by atoms with E-state index in [0.717, 1.165) is 0 Å². The van der Waals surface area contributed by atoms with E-state index in [2.05, 4.69) is 6.58 Å². The lowest BCUT2D eigenvalue weighted by atomic mass is 10.3. The highest BCUT2D eigenvalue weighted by molar-refractivity contribution is 7.92. The van der Waals surface area contributed by atoms with Crippen molar-refractivity contribution in [1.29, 1.82) is 0 Å². The van der Waals surface area contributed by atoms with Gasteiger partial charge >= 0.3 is 0 Å². The molecule has 0 amide bonds. The zero-order chi connectivity index (χ0) is 13.7. The van der Waals surface area contributed by atoms with Crippen molar-refractivity contribution in [2.24, 2.45) is 0 Å². The molecule has 0 aliphatic heterocycles. The number of para-hydroxylation sites is 1. The normalized spacial score (nSPS) is 10.9. The minimum atomic E-state index is -3.55. The van der Waals surface area contributed by atoms with Crippen LogP contribution in [0.4, 0.5) is 5.69 Å². The van der Waals surface area contributed by atoms with Gasteiger partial charge in [-0.2, -0.15) is 0 Å². The monoisotopic (exact) mass is 273 g/mol. The summed E-state index contributed by atoms with van der Waals surface area (Å²) in [4.78, 5) is 0.278. The molecule has 98 valence electrons. The Bertz CT molecular complexity index is 636. The molecule has 0 saturated carbocycles. The van der Waals surface area contributed by atoms with Gasteiger partial charge in [-0.05, 0) is 24.3 Å². The first-order valence-corrected chi connectivity index (χ1v) is 7.34. The van der Waals surface area contributed by atoms with Crippen LogP contribution in [0.1, 0.15) is 0 Å². The van der Waals surface area contributed by atoms with E-state index in [9.17, 15) is 8.42 Å². The minimum absolute atomic E-state index is 0.237. The number of hydrogen-bond acceptors (Lipinski definition) is 2. The lowest BCUT2D eigenvalue weighted by Gasteiger charge is -2.23. The molecule has 4 heteroatoms. The lowest BCUT2D eigenvalue weighted by molar-refractivity contribution is 0.593. The Balaban J connectivity index is 2.48. The molecule has 0 N–H and O–H groups in total. The van der Waals surface area contributed by atoms with Gasteiger partial charge in [0.2, 0.25) is 0 Å². The standard InChI is InChI=1S/C15H15NO2S/c1-2-13-16(14-9-5-3-6-10-14)19(17,18)15-11-7-4-8-12-15/h2-12H,1,13H2. The maximum absolute atomic E-state index is 12.6. The highest BCUT2D eigenvalue weighted by atomic mass is 32.2. The van der Waals surface area contributed by atoms with Crippen LogP contribution in [0, 0.1) is 0 Å². The molecule has 0 saturated heterocycles. The number of hydrogen-bond donors (Lipinski definition) is 0. The summed E-state index contributed by atoms with van der Waals surface area (Å²) in [5.41, 5.74) is 0.631. The van der Waals surface area contributed by atoms with Crippen LogP contribution in [0.15, 0.2) is 78.2 Å². The summed E-state index contributed by atoms with van der Waals surface area (Å²) >= 11 is 0. The van der Waals surface area contributed by atoms with Crippen molar-refractivity contribution in [3.05, 3.63) is 73.3 Å². The van der Waals surface area contributed by atoms with Crippen LogP contribution in [0.3, 0.4) is 0 Å². The molecule has 19 heavy (non-hydrogen) atoms. The highest BCUT2D eigenvalue weighted by Crippen LogP contribution is 2.22. The number of rotatable bonds is 5. The molecule has 0 aliphatic carbocycles. The first-order valence-electron chi connectivity index (χ1n) is 5.90. The van der Waals surface area contributed by atoms with Gasteiger partial charge in [-0.15, -0.1) is 6.58 Å². The van der Waals surface area contributed by atoms with Gasteiger partial charge in [0.1, 0.15) is 0 Å². The first-order chi connectivity index (χ1) is 9.16. The second-order valence-corrected chi connectivity index (χ2v) is 5.84. The van der Waals surface area contributed by atoms with E-state index in [-0.39, 0.29) is 11.4 Å². The predicted molar refractivity (Wildman–Crippen MR) is 77.6 cm³/mol. The quantitative estimate of drug-likeness (QED) is 0.785. The third kappa shape index (κ3) is 2.85. The SMILES string of the molecule is C=CCN(c1ccccc1)S(=O)(=O)c1ccccc1. The third-order valence-corrected chi connectivity index (χ3v) is 4.48. The summed E-state index contributed by atoms with van der Waals surface area (Å²) in [5.74, 6) is 0. The van der Waals surface area contributed by atoms with E-state index >= 15 is 0 Å². The fourth-order valence-electron chi connectivity index (χ4n) is 1.77. The highest BCUT2D eigenvalue weighted by Gasteiger charge is 2.23. The molecule has 0 fully saturated rings. The van der Waals surface area contributed by atoms with Crippen LogP contribution in [-0.2, 0) is 10.0 Å². The Morgan fingerprint density at radius 3 is 2.00 bits per heavy atom. The summed E-state index contributed by atoms with van der Waals surface area (Å²) < 4.78 is 26.5. The molecule has 0 heterocycles. The molecule has 0 unspecified atom stereocenters. The zero-order valence-electron chi connectivity index (χ0n) is 10.4. The molecule has 0 spiro atoms. The van der Waals surface area contributed by atoms with Crippen LogP contribution < -0.4 is 4.31 Å². The fourth-order valence-corrected chi connectivity index (χ4v) is 3.23. The smallest absolute Gasteiger partial charge is 0.263 e. The topological polar surface area (TPSA) is 37.4 Å². The van der Waals surface area contributed by atoms with Gasteiger partial charge < -0.3 is 0 Å². The average Bonchev–Trinajstić information content (AvgIpc) is 2.46. The summed E-state index contributed by atoms with van der Waals surface area (Å²) in [6, 6.07) is 17.4. The van der Waals surface area contributed by atoms with Crippen LogP contribution in [-0.4, -0.2) is 15.0 Å². The molecule has 0 aliphatic rings. The maximum atomic E-state index is 12.6. The zero-order valence-corrected chi connectivity index (χ0v) is 11.3. The van der Waals surface area contributed by atoms with E-state index < -0.39 is 10.0 Å². The summed E-state index contributed by atoms with van der Waals surface area (Å²) in [5, 5.41) is 0. The van der Waals surface area contributed by atoms with Gasteiger partial charge in [0.15, 0.2) is 0 Å². The third-order valence-electron chi connectivity index (χ3n) is 2.67. The molecule has 0 bridgehead atoms. The first kappa shape index (κ1) is 13.4. The Morgan fingerprint density at radius 1 is 0.947 bits per heavy atom. The second kappa shape index (κ2) is 5.71. The van der Waals surface area contributed by atoms with E-state index in [4.69, 9.17) is 0 Å². The summed E-state index contributed by atoms with van der Waals surface area (Å²) in [6.07, 6.45) is 1.58. The Morgan fingerprint density at radius 2 is 1.47 bits per heavy atom. The summed E-state index contributed by atoms with van der Waals surface area (Å²) in [6.45, 7) is 3.86. The molecule has 2 rings (SSSR count). The Labute approximate surface area is 113 Å². The molecular formula is C15H15NO2S. The van der Waals surface area contributed by atoms with Crippen molar-refractivity contribution >= 4 is 15.7 Å². The van der Waals surface area contributed by atoms with Crippen LogP contribution in [0.2, 0.25) is 0 Å². The van der Waals surface area contributed by atoms with Crippen molar-refractivity contribution in [3.63, 3.8) is 0 Å². The van der Waals surface area contributed by atoms with E-state index in [1.54, 1.807) is 48.5 Å². The van der Waals surface area contributed by atoms with Crippen molar-refractivity contribution < 1.29 is 8.42 Å². The molecule has 2 aromatic carbocycles. The van der Waals surface area contributed by atoms with Gasteiger partial charge in [-0.1, -0.05) is 42.5 Å². The number of nitrogens with zero attached hydrogens (tertiary/aromatic N) is 1. The number of sulfonamides is 1. The van der Waals surface area contributed by atoms with Crippen molar-refractivity contribution in [2.45, 2.75) is 4.90 Å². The molecule has 2 aromatic rings. The molecule has 3 nitrogen and oxygen atoms in total. The predicted octanol–water partition coefficient (Wildman–Crippen LogP) is 3.07. The van der Waals surface area contributed by atoms with Gasteiger partial charge in [0.05, 0.1) is 17.1 Å². The van der Waals surface area contributed by atoms with Crippen molar-refractivity contribution in [2.75, 3.05) is 10.8 Å². The Hall–Kier alpha value is -2.07. The van der Waals surface area contributed by atoms with E-state index in [1.165, 1.54) is 4.31 Å². The van der Waals surface area contributed by atoms with Gasteiger partial charge in [-0.25, -0.2) is 8.42 Å². The van der Waals surface area contributed by atoms with Crippen LogP contribution >= 0.6 is 0 Å². The molecular weight excluding hydrogens is 258 g/mol. The minimum Gasteiger partial charge on any atom is -0.263 e. The van der Waals surface area contributed by atoms with Gasteiger partial charge in [-0.3, -0.25) is 4.31 Å². The maximum Gasteiger partial charge on any atom is 0.264 e. The molecule has 0 atom stereocenters. The lowest BCUT2D eigenvalue weighted by Crippen LogP contribution is -2.31. The van der Waals surface area contributed by atoms with Crippen molar-refractivity contribution in [1.82, 2.24) is 0 Å². The Kier molecular flexibility index (Phi) is 4.02. The fraction of sp³-hybridized carbons (Fsp3) is 0.0667. The summed E-state index contributed by atoms with van der Waals surface area (Å²) in [7, 11) is -3.55.